The van der Waals surface area contributed by atoms with E-state index in [4.69, 9.17) is 0 Å². The van der Waals surface area contributed by atoms with E-state index in [-0.39, 0.29) is 22.7 Å². The molecule has 1 aromatic rings. The number of nitro groups is 1. The SMILES string of the molecule is Cc1cc(F)cc(C(=O)N(C)CC2CCCC2O)c1[N+](=O)[O-]. The molecular formula is C15H19FN2O4. The van der Waals surface area contributed by atoms with Crippen molar-refractivity contribution in [3.8, 4) is 0 Å². The molecule has 1 saturated carbocycles. The van der Waals surface area contributed by atoms with E-state index in [0.717, 1.165) is 25.0 Å². The van der Waals surface area contributed by atoms with Crippen molar-refractivity contribution in [1.29, 1.82) is 0 Å². The van der Waals surface area contributed by atoms with Gasteiger partial charge in [0.15, 0.2) is 0 Å². The minimum atomic E-state index is -0.680. The fraction of sp³-hybridized carbons (Fsp3) is 0.533. The van der Waals surface area contributed by atoms with Crippen molar-refractivity contribution in [2.24, 2.45) is 5.92 Å². The molecule has 2 rings (SSSR count). The van der Waals surface area contributed by atoms with E-state index < -0.39 is 22.8 Å². The second kappa shape index (κ2) is 6.39. The lowest BCUT2D eigenvalue weighted by molar-refractivity contribution is -0.385. The van der Waals surface area contributed by atoms with Crippen molar-refractivity contribution in [3.63, 3.8) is 0 Å². The molecular weight excluding hydrogens is 291 g/mol. The monoisotopic (exact) mass is 310 g/mol. The van der Waals surface area contributed by atoms with Gasteiger partial charge in [0, 0.05) is 25.1 Å². The lowest BCUT2D eigenvalue weighted by Crippen LogP contribution is -2.35. The van der Waals surface area contributed by atoms with Gasteiger partial charge in [-0.05, 0) is 31.9 Å². The van der Waals surface area contributed by atoms with E-state index in [1.807, 2.05) is 0 Å². The van der Waals surface area contributed by atoms with Crippen molar-refractivity contribution in [2.75, 3.05) is 13.6 Å². The van der Waals surface area contributed by atoms with Gasteiger partial charge in [0.05, 0.1) is 11.0 Å². The third kappa shape index (κ3) is 3.24. The Hall–Kier alpha value is -2.02. The first-order valence-electron chi connectivity index (χ1n) is 7.19. The number of nitrogens with zero attached hydrogens (tertiary/aromatic N) is 2. The van der Waals surface area contributed by atoms with Gasteiger partial charge in [0.25, 0.3) is 11.6 Å². The third-order valence-corrected chi connectivity index (χ3v) is 4.15. The Morgan fingerprint density at radius 1 is 1.50 bits per heavy atom. The minimum Gasteiger partial charge on any atom is -0.393 e. The van der Waals surface area contributed by atoms with E-state index in [9.17, 15) is 24.4 Å². The molecule has 1 fully saturated rings. The second-order valence-electron chi connectivity index (χ2n) is 5.82. The number of hydrogen-bond donors (Lipinski definition) is 1. The number of carbonyl (C=O) groups is 1. The van der Waals surface area contributed by atoms with Crippen molar-refractivity contribution in [3.05, 3.63) is 39.2 Å². The molecule has 0 aliphatic heterocycles. The van der Waals surface area contributed by atoms with Gasteiger partial charge in [-0.25, -0.2) is 4.39 Å². The predicted octanol–water partition coefficient (Wildman–Crippen LogP) is 2.28. The molecule has 0 spiro atoms. The number of amides is 1. The smallest absolute Gasteiger partial charge is 0.285 e. The van der Waals surface area contributed by atoms with Gasteiger partial charge in [0.2, 0.25) is 0 Å². The quantitative estimate of drug-likeness (QED) is 0.683. The van der Waals surface area contributed by atoms with Gasteiger partial charge in [-0.2, -0.15) is 0 Å². The number of carbonyl (C=O) groups excluding carboxylic acids is 1. The van der Waals surface area contributed by atoms with Crippen molar-refractivity contribution < 1.29 is 19.2 Å². The van der Waals surface area contributed by atoms with Gasteiger partial charge >= 0.3 is 0 Å². The number of aryl methyl sites for hydroxylation is 1. The van der Waals surface area contributed by atoms with Crippen LogP contribution in [0.1, 0.15) is 35.2 Å². The van der Waals surface area contributed by atoms with Crippen LogP contribution < -0.4 is 0 Å². The molecule has 0 aromatic heterocycles. The van der Waals surface area contributed by atoms with Gasteiger partial charge in [-0.3, -0.25) is 14.9 Å². The number of rotatable bonds is 4. The number of halogens is 1. The van der Waals surface area contributed by atoms with Crippen LogP contribution in [0.4, 0.5) is 10.1 Å². The molecule has 1 aromatic carbocycles. The molecule has 22 heavy (non-hydrogen) atoms. The van der Waals surface area contributed by atoms with Crippen molar-refractivity contribution in [1.82, 2.24) is 4.90 Å². The lowest BCUT2D eigenvalue weighted by Gasteiger charge is -2.23. The van der Waals surface area contributed by atoms with Gasteiger partial charge in [-0.1, -0.05) is 6.42 Å². The first-order valence-corrected chi connectivity index (χ1v) is 7.19. The average molecular weight is 310 g/mol. The molecule has 2 unspecified atom stereocenters. The maximum Gasteiger partial charge on any atom is 0.285 e. The topological polar surface area (TPSA) is 83.7 Å². The summed E-state index contributed by atoms with van der Waals surface area (Å²) in [5.74, 6) is -1.32. The highest BCUT2D eigenvalue weighted by Crippen LogP contribution is 2.29. The van der Waals surface area contributed by atoms with Crippen LogP contribution >= 0.6 is 0 Å². The molecule has 120 valence electrons. The van der Waals surface area contributed by atoms with Gasteiger partial charge in [-0.15, -0.1) is 0 Å². The summed E-state index contributed by atoms with van der Waals surface area (Å²) in [5, 5.41) is 21.0. The van der Waals surface area contributed by atoms with Gasteiger partial charge < -0.3 is 10.0 Å². The summed E-state index contributed by atoms with van der Waals surface area (Å²) in [6.45, 7) is 1.70. The molecule has 1 N–H and O–H groups in total. The molecule has 0 radical (unpaired) electrons. The molecule has 0 heterocycles. The highest BCUT2D eigenvalue weighted by atomic mass is 19.1. The number of aliphatic hydroxyl groups is 1. The van der Waals surface area contributed by atoms with Crippen LogP contribution in [0.5, 0.6) is 0 Å². The fourth-order valence-corrected chi connectivity index (χ4v) is 3.01. The number of aliphatic hydroxyl groups excluding tert-OH is 1. The maximum absolute atomic E-state index is 13.5. The Balaban J connectivity index is 2.26. The number of hydrogen-bond acceptors (Lipinski definition) is 4. The lowest BCUT2D eigenvalue weighted by atomic mass is 10.0. The Morgan fingerprint density at radius 3 is 2.73 bits per heavy atom. The highest BCUT2D eigenvalue weighted by Gasteiger charge is 2.31. The zero-order valence-corrected chi connectivity index (χ0v) is 12.6. The Bertz CT molecular complexity index is 605. The van der Waals surface area contributed by atoms with E-state index >= 15 is 0 Å². The molecule has 6 nitrogen and oxygen atoms in total. The Kier molecular flexibility index (Phi) is 4.75. The summed E-state index contributed by atoms with van der Waals surface area (Å²) in [6.07, 6.45) is 1.95. The van der Waals surface area contributed by atoms with Crippen LogP contribution in [-0.2, 0) is 0 Å². The van der Waals surface area contributed by atoms with Crippen LogP contribution in [0.2, 0.25) is 0 Å². The van der Waals surface area contributed by atoms with Crippen LogP contribution in [0.3, 0.4) is 0 Å². The molecule has 0 bridgehead atoms. The first kappa shape index (κ1) is 16.4. The summed E-state index contributed by atoms with van der Waals surface area (Å²) in [4.78, 5) is 24.2. The Labute approximate surface area is 127 Å². The first-order chi connectivity index (χ1) is 10.3. The molecule has 7 heteroatoms. The van der Waals surface area contributed by atoms with E-state index in [2.05, 4.69) is 0 Å². The third-order valence-electron chi connectivity index (χ3n) is 4.15. The standard InChI is InChI=1S/C15H19FN2O4/c1-9-6-11(16)7-12(14(9)18(21)22)15(20)17(2)8-10-4-3-5-13(10)19/h6-7,10,13,19H,3-5,8H2,1-2H3. The van der Waals surface area contributed by atoms with Crippen molar-refractivity contribution >= 4 is 11.6 Å². The van der Waals surface area contributed by atoms with E-state index in [1.54, 1.807) is 0 Å². The molecule has 1 aliphatic rings. The summed E-state index contributed by atoms with van der Waals surface area (Å²) >= 11 is 0. The number of benzene rings is 1. The van der Waals surface area contributed by atoms with Crippen LogP contribution in [0.25, 0.3) is 0 Å². The largest absolute Gasteiger partial charge is 0.393 e. The molecule has 0 saturated heterocycles. The predicted molar refractivity (Wildman–Crippen MR) is 78.1 cm³/mol. The summed E-state index contributed by atoms with van der Waals surface area (Å²) < 4.78 is 13.5. The Morgan fingerprint density at radius 2 is 2.18 bits per heavy atom. The van der Waals surface area contributed by atoms with E-state index in [0.29, 0.717) is 13.0 Å². The van der Waals surface area contributed by atoms with Crippen molar-refractivity contribution in [2.45, 2.75) is 32.3 Å². The molecule has 1 aliphatic carbocycles. The second-order valence-corrected chi connectivity index (χ2v) is 5.82. The molecule has 1 amide bonds. The zero-order valence-electron chi connectivity index (χ0n) is 12.6. The highest BCUT2D eigenvalue weighted by molar-refractivity contribution is 5.98. The van der Waals surface area contributed by atoms with Crippen LogP contribution in [0.15, 0.2) is 12.1 Å². The van der Waals surface area contributed by atoms with Crippen LogP contribution in [-0.4, -0.2) is 40.5 Å². The zero-order chi connectivity index (χ0) is 16.4. The van der Waals surface area contributed by atoms with E-state index in [1.165, 1.54) is 18.9 Å². The normalized spacial score (nSPS) is 20.9. The van der Waals surface area contributed by atoms with Crippen LogP contribution in [0, 0.1) is 28.8 Å². The average Bonchev–Trinajstić information content (AvgIpc) is 2.81. The summed E-state index contributed by atoms with van der Waals surface area (Å²) in [5.41, 5.74) is -0.509. The maximum atomic E-state index is 13.5. The van der Waals surface area contributed by atoms with Gasteiger partial charge in [0.1, 0.15) is 11.4 Å². The minimum absolute atomic E-state index is 0.0392. The summed E-state index contributed by atoms with van der Waals surface area (Å²) in [7, 11) is 1.51. The fourth-order valence-electron chi connectivity index (χ4n) is 3.01. The molecule has 2 atom stereocenters. The number of nitro benzene ring substituents is 1. The summed E-state index contributed by atoms with van der Waals surface area (Å²) in [6, 6.07) is 1.94.